The number of hydrogen-bond donors (Lipinski definition) is 1. The number of anilines is 1. The summed E-state index contributed by atoms with van der Waals surface area (Å²) in [5.41, 5.74) is 0.723. The number of methoxy groups -OCH3 is 1. The Balaban J connectivity index is 1.82. The molecule has 35 heavy (non-hydrogen) atoms. The van der Waals surface area contributed by atoms with Crippen molar-refractivity contribution < 1.29 is 22.3 Å². The summed E-state index contributed by atoms with van der Waals surface area (Å²) in [4.78, 5) is 12.9. The molecule has 0 heterocycles. The van der Waals surface area contributed by atoms with E-state index in [9.17, 15) is 17.6 Å². The minimum atomic E-state index is -4.23. The number of carbonyl (C=O) groups excluding carboxylic acids is 1. The Morgan fingerprint density at radius 3 is 2.20 bits per heavy atom. The number of rotatable bonds is 10. The molecule has 0 aliphatic rings. The third kappa shape index (κ3) is 6.39. The molecule has 3 aromatic rings. The highest BCUT2D eigenvalue weighted by Crippen LogP contribution is 2.29. The van der Waals surface area contributed by atoms with Crippen molar-refractivity contribution in [2.75, 3.05) is 18.0 Å². The number of hydrogen-bond acceptors (Lipinski definition) is 4. The van der Waals surface area contributed by atoms with E-state index in [1.807, 2.05) is 37.3 Å². The average molecular weight is 499 g/mol. The minimum absolute atomic E-state index is 0.0763. The SMILES string of the molecule is COc1ccc(S(=O)(=O)N(CC(=O)NC(C)CC(C)(C)c2ccccc2)c2ccccc2F)cc1. The molecular formula is C27H31FN2O4S. The molecule has 0 aliphatic carbocycles. The van der Waals surface area contributed by atoms with Crippen molar-refractivity contribution in [3.05, 3.63) is 90.2 Å². The van der Waals surface area contributed by atoms with Gasteiger partial charge in [0.25, 0.3) is 10.0 Å². The smallest absolute Gasteiger partial charge is 0.264 e. The van der Waals surface area contributed by atoms with E-state index in [0.717, 1.165) is 15.9 Å². The molecule has 1 N–H and O–H groups in total. The van der Waals surface area contributed by atoms with Crippen LogP contribution in [0.4, 0.5) is 10.1 Å². The summed E-state index contributed by atoms with van der Waals surface area (Å²) in [7, 11) is -2.76. The van der Waals surface area contributed by atoms with Crippen molar-refractivity contribution in [3.8, 4) is 5.75 Å². The van der Waals surface area contributed by atoms with Gasteiger partial charge < -0.3 is 10.1 Å². The van der Waals surface area contributed by atoms with Gasteiger partial charge in [-0.15, -0.1) is 0 Å². The van der Waals surface area contributed by atoms with Crippen LogP contribution in [0.5, 0.6) is 5.75 Å². The summed E-state index contributed by atoms with van der Waals surface area (Å²) in [6.45, 7) is 5.48. The van der Waals surface area contributed by atoms with Gasteiger partial charge in [-0.1, -0.05) is 56.3 Å². The third-order valence-corrected chi connectivity index (χ3v) is 7.61. The second-order valence-corrected chi connectivity index (χ2v) is 10.9. The first kappa shape index (κ1) is 26.2. The molecule has 0 aromatic heterocycles. The van der Waals surface area contributed by atoms with Gasteiger partial charge in [-0.2, -0.15) is 0 Å². The number of nitrogens with zero attached hydrogens (tertiary/aromatic N) is 1. The quantitative estimate of drug-likeness (QED) is 0.431. The van der Waals surface area contributed by atoms with Gasteiger partial charge in [0.1, 0.15) is 18.1 Å². The molecule has 0 bridgehead atoms. The van der Waals surface area contributed by atoms with Gasteiger partial charge in [-0.05, 0) is 60.7 Å². The van der Waals surface area contributed by atoms with E-state index >= 15 is 0 Å². The third-order valence-electron chi connectivity index (χ3n) is 5.83. The monoisotopic (exact) mass is 498 g/mol. The van der Waals surface area contributed by atoms with Gasteiger partial charge in [-0.25, -0.2) is 12.8 Å². The van der Waals surface area contributed by atoms with Crippen LogP contribution in [-0.2, 0) is 20.2 Å². The largest absolute Gasteiger partial charge is 0.497 e. The molecule has 0 spiro atoms. The number of carbonyl (C=O) groups is 1. The molecular weight excluding hydrogens is 467 g/mol. The summed E-state index contributed by atoms with van der Waals surface area (Å²) in [6.07, 6.45) is 0.633. The van der Waals surface area contributed by atoms with Crippen molar-refractivity contribution in [3.63, 3.8) is 0 Å². The van der Waals surface area contributed by atoms with Crippen LogP contribution in [0.15, 0.2) is 83.8 Å². The van der Waals surface area contributed by atoms with Crippen LogP contribution in [0.2, 0.25) is 0 Å². The summed E-state index contributed by atoms with van der Waals surface area (Å²) >= 11 is 0. The first-order valence-electron chi connectivity index (χ1n) is 11.3. The van der Waals surface area contributed by atoms with Crippen LogP contribution in [0.1, 0.15) is 32.8 Å². The van der Waals surface area contributed by atoms with Crippen molar-refractivity contribution in [1.82, 2.24) is 5.32 Å². The lowest BCUT2D eigenvalue weighted by Gasteiger charge is -2.30. The lowest BCUT2D eigenvalue weighted by molar-refractivity contribution is -0.120. The zero-order valence-corrected chi connectivity index (χ0v) is 21.2. The predicted molar refractivity (Wildman–Crippen MR) is 136 cm³/mol. The van der Waals surface area contributed by atoms with Crippen LogP contribution in [-0.4, -0.2) is 34.0 Å². The molecule has 1 amide bonds. The molecule has 3 aromatic carbocycles. The fourth-order valence-corrected chi connectivity index (χ4v) is 5.53. The summed E-state index contributed by atoms with van der Waals surface area (Å²) in [6, 6.07) is 20.9. The number of halogens is 1. The fourth-order valence-electron chi connectivity index (χ4n) is 4.10. The highest BCUT2D eigenvalue weighted by molar-refractivity contribution is 7.92. The van der Waals surface area contributed by atoms with E-state index in [1.165, 1.54) is 49.6 Å². The number of benzene rings is 3. The van der Waals surface area contributed by atoms with Crippen LogP contribution in [0, 0.1) is 5.82 Å². The first-order valence-corrected chi connectivity index (χ1v) is 12.7. The van der Waals surface area contributed by atoms with Gasteiger partial charge in [0.2, 0.25) is 5.91 Å². The van der Waals surface area contributed by atoms with E-state index in [-0.39, 0.29) is 22.0 Å². The van der Waals surface area contributed by atoms with Crippen LogP contribution >= 0.6 is 0 Å². The number of amides is 1. The van der Waals surface area contributed by atoms with E-state index in [2.05, 4.69) is 19.2 Å². The zero-order chi connectivity index (χ0) is 25.6. The Bertz CT molecular complexity index is 1250. The van der Waals surface area contributed by atoms with E-state index in [4.69, 9.17) is 4.74 Å². The van der Waals surface area contributed by atoms with E-state index in [1.54, 1.807) is 0 Å². The molecule has 0 saturated carbocycles. The maximum absolute atomic E-state index is 14.7. The molecule has 0 saturated heterocycles. The van der Waals surface area contributed by atoms with Crippen molar-refractivity contribution in [2.24, 2.45) is 0 Å². The number of sulfonamides is 1. The fraction of sp³-hybridized carbons (Fsp3) is 0.296. The lowest BCUT2D eigenvalue weighted by atomic mass is 9.79. The maximum Gasteiger partial charge on any atom is 0.264 e. The molecule has 3 rings (SSSR count). The second-order valence-electron chi connectivity index (χ2n) is 9.06. The zero-order valence-electron chi connectivity index (χ0n) is 20.4. The standard InChI is InChI=1S/C27H31FN2O4S/c1-20(18-27(2,3)21-10-6-5-7-11-21)29-26(31)19-30(25-13-9-8-12-24(25)28)35(32,33)23-16-14-22(34-4)15-17-23/h5-17,20H,18-19H2,1-4H3,(H,29,31). The topological polar surface area (TPSA) is 75.7 Å². The minimum Gasteiger partial charge on any atom is -0.497 e. The Hall–Kier alpha value is -3.39. The summed E-state index contributed by atoms with van der Waals surface area (Å²) < 4.78 is 47.5. The Morgan fingerprint density at radius 1 is 1.00 bits per heavy atom. The average Bonchev–Trinajstić information content (AvgIpc) is 2.83. The number of ether oxygens (including phenoxy) is 1. The first-order chi connectivity index (χ1) is 16.5. The molecule has 186 valence electrons. The number of nitrogens with one attached hydrogen (secondary N) is 1. The van der Waals surface area contributed by atoms with Gasteiger partial charge in [-0.3, -0.25) is 9.10 Å². The molecule has 0 fully saturated rings. The van der Waals surface area contributed by atoms with Gasteiger partial charge in [0, 0.05) is 6.04 Å². The molecule has 8 heteroatoms. The molecule has 6 nitrogen and oxygen atoms in total. The molecule has 1 unspecified atom stereocenters. The van der Waals surface area contributed by atoms with Gasteiger partial charge >= 0.3 is 0 Å². The van der Waals surface area contributed by atoms with Crippen molar-refractivity contribution >= 4 is 21.6 Å². The van der Waals surface area contributed by atoms with Gasteiger partial charge in [0.15, 0.2) is 0 Å². The van der Waals surface area contributed by atoms with Crippen LogP contribution in [0.25, 0.3) is 0 Å². The normalized spacial score (nSPS) is 12.6. The Morgan fingerprint density at radius 2 is 1.60 bits per heavy atom. The summed E-state index contributed by atoms with van der Waals surface area (Å²) in [5.74, 6) is -0.786. The van der Waals surface area contributed by atoms with Crippen LogP contribution < -0.4 is 14.4 Å². The highest BCUT2D eigenvalue weighted by atomic mass is 32.2. The second kappa shape index (κ2) is 10.9. The van der Waals surface area contributed by atoms with Crippen molar-refractivity contribution in [2.45, 2.75) is 43.5 Å². The molecule has 1 atom stereocenters. The predicted octanol–water partition coefficient (Wildman–Crippen LogP) is 4.90. The lowest BCUT2D eigenvalue weighted by Crippen LogP contribution is -2.45. The van der Waals surface area contributed by atoms with Crippen molar-refractivity contribution in [1.29, 1.82) is 0 Å². The number of para-hydroxylation sites is 1. The highest BCUT2D eigenvalue weighted by Gasteiger charge is 2.30. The van der Waals surface area contributed by atoms with E-state index in [0.29, 0.717) is 12.2 Å². The Labute approximate surface area is 206 Å². The Kier molecular flexibility index (Phi) is 8.17. The van der Waals surface area contributed by atoms with E-state index < -0.39 is 28.3 Å². The van der Waals surface area contributed by atoms with Crippen LogP contribution in [0.3, 0.4) is 0 Å². The molecule has 0 radical (unpaired) electrons. The maximum atomic E-state index is 14.7. The van der Waals surface area contributed by atoms with Gasteiger partial charge in [0.05, 0.1) is 17.7 Å². The summed E-state index contributed by atoms with van der Waals surface area (Å²) in [5, 5.41) is 2.88. The molecule has 0 aliphatic heterocycles.